The molecule has 1 saturated carbocycles. The van der Waals surface area contributed by atoms with Gasteiger partial charge in [0.2, 0.25) is 0 Å². The lowest BCUT2D eigenvalue weighted by Crippen LogP contribution is -2.20. The molecule has 0 bridgehead atoms. The highest BCUT2D eigenvalue weighted by Gasteiger charge is 2.44. The Morgan fingerprint density at radius 2 is 2.16 bits per heavy atom. The SMILES string of the molecule is O=C1C[C@H]2CC[C@H](/C=N/OCc3ccccc3)[C@H]2O1. The molecule has 1 saturated heterocycles. The molecular formula is C15H17NO3. The minimum Gasteiger partial charge on any atom is -0.461 e. The minimum atomic E-state index is -0.0710. The second-order valence-corrected chi connectivity index (χ2v) is 5.17. The molecule has 1 aliphatic carbocycles. The first-order valence-electron chi connectivity index (χ1n) is 6.72. The van der Waals surface area contributed by atoms with Crippen molar-refractivity contribution in [3.05, 3.63) is 35.9 Å². The van der Waals surface area contributed by atoms with Crippen molar-refractivity contribution in [2.75, 3.05) is 0 Å². The van der Waals surface area contributed by atoms with Gasteiger partial charge in [-0.15, -0.1) is 0 Å². The molecule has 0 spiro atoms. The molecule has 4 heteroatoms. The number of ether oxygens (including phenoxy) is 1. The Kier molecular flexibility index (Phi) is 3.49. The van der Waals surface area contributed by atoms with Gasteiger partial charge >= 0.3 is 5.97 Å². The van der Waals surface area contributed by atoms with Crippen LogP contribution in [0.1, 0.15) is 24.8 Å². The van der Waals surface area contributed by atoms with Gasteiger partial charge in [0.25, 0.3) is 0 Å². The number of rotatable bonds is 4. The lowest BCUT2D eigenvalue weighted by atomic mass is 10.0. The van der Waals surface area contributed by atoms with Crippen molar-refractivity contribution in [2.24, 2.45) is 17.0 Å². The molecule has 1 aromatic carbocycles. The van der Waals surface area contributed by atoms with E-state index in [-0.39, 0.29) is 18.0 Å². The highest BCUT2D eigenvalue weighted by Crippen LogP contribution is 2.39. The third-order valence-corrected chi connectivity index (χ3v) is 3.85. The number of oxime groups is 1. The molecule has 19 heavy (non-hydrogen) atoms. The van der Waals surface area contributed by atoms with Crippen LogP contribution in [0, 0.1) is 11.8 Å². The summed E-state index contributed by atoms with van der Waals surface area (Å²) in [5.41, 5.74) is 1.09. The van der Waals surface area contributed by atoms with Crippen LogP contribution in [0.3, 0.4) is 0 Å². The highest BCUT2D eigenvalue weighted by atomic mass is 16.6. The number of hydrogen-bond acceptors (Lipinski definition) is 4. The first-order valence-corrected chi connectivity index (χ1v) is 6.72. The molecule has 4 nitrogen and oxygen atoms in total. The van der Waals surface area contributed by atoms with Crippen molar-refractivity contribution in [1.82, 2.24) is 0 Å². The van der Waals surface area contributed by atoms with Crippen LogP contribution < -0.4 is 0 Å². The maximum Gasteiger partial charge on any atom is 0.306 e. The van der Waals surface area contributed by atoms with Crippen LogP contribution in [0.4, 0.5) is 0 Å². The average molecular weight is 259 g/mol. The van der Waals surface area contributed by atoms with Gasteiger partial charge in [-0.05, 0) is 18.4 Å². The molecule has 2 fully saturated rings. The summed E-state index contributed by atoms with van der Waals surface area (Å²) < 4.78 is 5.33. The maximum atomic E-state index is 11.2. The Labute approximate surface area is 112 Å². The van der Waals surface area contributed by atoms with E-state index in [1.807, 2.05) is 30.3 Å². The van der Waals surface area contributed by atoms with E-state index < -0.39 is 0 Å². The molecular weight excluding hydrogens is 242 g/mol. The van der Waals surface area contributed by atoms with Gasteiger partial charge in [-0.1, -0.05) is 35.5 Å². The van der Waals surface area contributed by atoms with Crippen molar-refractivity contribution in [3.63, 3.8) is 0 Å². The summed E-state index contributed by atoms with van der Waals surface area (Å²) in [4.78, 5) is 16.5. The summed E-state index contributed by atoms with van der Waals surface area (Å²) in [6.07, 6.45) is 4.47. The topological polar surface area (TPSA) is 47.9 Å². The first kappa shape index (κ1) is 12.2. The predicted octanol–water partition coefficient (Wildman–Crippen LogP) is 2.53. The first-order chi connectivity index (χ1) is 9.33. The van der Waals surface area contributed by atoms with E-state index in [0.717, 1.165) is 18.4 Å². The summed E-state index contributed by atoms with van der Waals surface area (Å²) in [7, 11) is 0. The number of esters is 1. The Balaban J connectivity index is 1.49. The highest BCUT2D eigenvalue weighted by molar-refractivity contribution is 5.74. The number of nitrogens with zero attached hydrogens (tertiary/aromatic N) is 1. The van der Waals surface area contributed by atoms with Crippen LogP contribution in [0.15, 0.2) is 35.5 Å². The van der Waals surface area contributed by atoms with E-state index in [1.165, 1.54) is 0 Å². The second-order valence-electron chi connectivity index (χ2n) is 5.17. The fraction of sp³-hybridized carbons (Fsp3) is 0.467. The standard InChI is InChI=1S/C15H17NO3/c17-14-8-12-6-7-13(15(12)19-14)9-16-18-10-11-4-2-1-3-5-11/h1-5,9,12-13,15H,6-8,10H2/b16-9+/t12-,13-,15+/m1/s1. The number of carbonyl (C=O) groups excluding carboxylic acids is 1. The van der Waals surface area contributed by atoms with Crippen molar-refractivity contribution < 1.29 is 14.4 Å². The molecule has 3 rings (SSSR count). The molecule has 1 aromatic rings. The second kappa shape index (κ2) is 5.43. The van der Waals surface area contributed by atoms with Gasteiger partial charge in [-0.3, -0.25) is 4.79 Å². The number of hydrogen-bond donors (Lipinski definition) is 0. The summed E-state index contributed by atoms with van der Waals surface area (Å²) in [5, 5.41) is 4.02. The molecule has 1 heterocycles. The zero-order valence-corrected chi connectivity index (χ0v) is 10.7. The van der Waals surface area contributed by atoms with Crippen LogP contribution >= 0.6 is 0 Å². The fourth-order valence-corrected chi connectivity index (χ4v) is 2.87. The number of carbonyl (C=O) groups is 1. The van der Waals surface area contributed by atoms with Crippen molar-refractivity contribution >= 4 is 12.2 Å². The lowest BCUT2D eigenvalue weighted by molar-refractivity contribution is -0.142. The van der Waals surface area contributed by atoms with E-state index in [0.29, 0.717) is 18.9 Å². The number of benzene rings is 1. The molecule has 0 amide bonds. The van der Waals surface area contributed by atoms with E-state index in [4.69, 9.17) is 9.57 Å². The Morgan fingerprint density at radius 1 is 1.32 bits per heavy atom. The van der Waals surface area contributed by atoms with E-state index in [2.05, 4.69) is 5.16 Å². The molecule has 0 N–H and O–H groups in total. The smallest absolute Gasteiger partial charge is 0.306 e. The minimum absolute atomic E-state index is 0.0246. The Bertz CT molecular complexity index is 472. The fourth-order valence-electron chi connectivity index (χ4n) is 2.87. The van der Waals surface area contributed by atoms with Crippen LogP contribution in [0.2, 0.25) is 0 Å². The van der Waals surface area contributed by atoms with Gasteiger partial charge in [-0.2, -0.15) is 0 Å². The largest absolute Gasteiger partial charge is 0.461 e. The van der Waals surface area contributed by atoms with Crippen molar-refractivity contribution in [2.45, 2.75) is 32.0 Å². The lowest BCUT2D eigenvalue weighted by Gasteiger charge is -2.12. The summed E-state index contributed by atoms with van der Waals surface area (Å²) in [5.74, 6) is 0.531. The van der Waals surface area contributed by atoms with Crippen molar-refractivity contribution in [3.8, 4) is 0 Å². The zero-order valence-electron chi connectivity index (χ0n) is 10.7. The summed E-state index contributed by atoms with van der Waals surface area (Å²) in [6.45, 7) is 0.470. The zero-order chi connectivity index (χ0) is 13.1. The van der Waals surface area contributed by atoms with Gasteiger partial charge in [-0.25, -0.2) is 0 Å². The third-order valence-electron chi connectivity index (χ3n) is 3.85. The summed E-state index contributed by atoms with van der Waals surface area (Å²) in [6, 6.07) is 9.92. The normalized spacial score (nSPS) is 29.5. The Hall–Kier alpha value is -1.84. The molecule has 100 valence electrons. The quantitative estimate of drug-likeness (QED) is 0.474. The van der Waals surface area contributed by atoms with Gasteiger partial charge in [0.1, 0.15) is 12.7 Å². The molecule has 0 unspecified atom stereocenters. The van der Waals surface area contributed by atoms with Gasteiger partial charge < -0.3 is 9.57 Å². The molecule has 1 aliphatic heterocycles. The maximum absolute atomic E-state index is 11.2. The third kappa shape index (κ3) is 2.78. The van der Waals surface area contributed by atoms with E-state index in [9.17, 15) is 4.79 Å². The molecule has 3 atom stereocenters. The van der Waals surface area contributed by atoms with Crippen LogP contribution in [-0.2, 0) is 21.0 Å². The van der Waals surface area contributed by atoms with E-state index in [1.54, 1.807) is 6.21 Å². The number of fused-ring (bicyclic) bond motifs is 1. The van der Waals surface area contributed by atoms with Crippen LogP contribution in [0.25, 0.3) is 0 Å². The summed E-state index contributed by atoms with van der Waals surface area (Å²) >= 11 is 0. The Morgan fingerprint density at radius 3 is 3.00 bits per heavy atom. The monoisotopic (exact) mass is 259 g/mol. The van der Waals surface area contributed by atoms with E-state index >= 15 is 0 Å². The average Bonchev–Trinajstić information content (AvgIpc) is 2.96. The molecule has 2 aliphatic rings. The van der Waals surface area contributed by atoms with Crippen molar-refractivity contribution in [1.29, 1.82) is 0 Å². The van der Waals surface area contributed by atoms with Gasteiger partial charge in [0.05, 0.1) is 12.6 Å². The van der Waals surface area contributed by atoms with Crippen LogP contribution in [-0.4, -0.2) is 18.3 Å². The van der Waals surface area contributed by atoms with Gasteiger partial charge in [0.15, 0.2) is 0 Å². The van der Waals surface area contributed by atoms with Gasteiger partial charge in [0, 0.05) is 11.8 Å². The molecule has 0 aromatic heterocycles. The van der Waals surface area contributed by atoms with Crippen LogP contribution in [0.5, 0.6) is 0 Å². The predicted molar refractivity (Wildman–Crippen MR) is 70.4 cm³/mol. The molecule has 0 radical (unpaired) electrons.